The Labute approximate surface area is 112 Å². The molecule has 0 radical (unpaired) electrons. The molecule has 0 bridgehead atoms. The van der Waals surface area contributed by atoms with E-state index in [1.54, 1.807) is 19.3 Å². The molecule has 4 nitrogen and oxygen atoms in total. The van der Waals surface area contributed by atoms with Crippen LogP contribution in [0.4, 0.5) is 0 Å². The maximum atomic E-state index is 11.9. The van der Waals surface area contributed by atoms with E-state index < -0.39 is 0 Å². The highest BCUT2D eigenvalue weighted by atomic mass is 16.5. The highest BCUT2D eigenvalue weighted by Gasteiger charge is 2.18. The molecule has 1 aromatic rings. The van der Waals surface area contributed by atoms with E-state index in [1.165, 1.54) is 17.1 Å². The molecule has 1 heterocycles. The van der Waals surface area contributed by atoms with Gasteiger partial charge in [0.05, 0.1) is 7.11 Å². The van der Waals surface area contributed by atoms with Gasteiger partial charge in [-0.15, -0.1) is 0 Å². The summed E-state index contributed by atoms with van der Waals surface area (Å²) in [6, 6.07) is 7.36. The molecule has 19 heavy (non-hydrogen) atoms. The van der Waals surface area contributed by atoms with E-state index in [-0.39, 0.29) is 11.8 Å². The molecule has 0 spiro atoms. The van der Waals surface area contributed by atoms with Crippen LogP contribution in [-0.4, -0.2) is 30.4 Å². The number of carbonyl (C=O) groups excluding carboxylic acids is 2. The first kappa shape index (κ1) is 13.1. The molecular formula is C15H15NO3. The van der Waals surface area contributed by atoms with Crippen LogP contribution in [0.1, 0.15) is 12.0 Å². The fraction of sp³-hybridized carbons (Fsp3) is 0.200. The summed E-state index contributed by atoms with van der Waals surface area (Å²) >= 11 is 0. The maximum absolute atomic E-state index is 11.9. The zero-order valence-corrected chi connectivity index (χ0v) is 10.7. The first-order valence-corrected chi connectivity index (χ1v) is 6.05. The van der Waals surface area contributed by atoms with Gasteiger partial charge in [0.15, 0.2) is 0 Å². The SMILES string of the molecule is COc1cccc(/C=C/C(=O)N2CCC=CC2=O)c1. The van der Waals surface area contributed by atoms with Gasteiger partial charge in [0.2, 0.25) is 0 Å². The molecule has 1 aromatic carbocycles. The lowest BCUT2D eigenvalue weighted by atomic mass is 10.2. The summed E-state index contributed by atoms with van der Waals surface area (Å²) in [4.78, 5) is 24.6. The predicted molar refractivity (Wildman–Crippen MR) is 72.5 cm³/mol. The summed E-state index contributed by atoms with van der Waals surface area (Å²) in [5.74, 6) is 0.176. The van der Waals surface area contributed by atoms with Crippen LogP contribution in [0.2, 0.25) is 0 Å². The number of hydrogen-bond donors (Lipinski definition) is 0. The zero-order chi connectivity index (χ0) is 13.7. The molecule has 98 valence electrons. The summed E-state index contributed by atoms with van der Waals surface area (Å²) in [6.07, 6.45) is 7.01. The normalized spacial score (nSPS) is 15.0. The fourth-order valence-electron chi connectivity index (χ4n) is 1.81. The lowest BCUT2D eigenvalue weighted by molar-refractivity contribution is -0.139. The second kappa shape index (κ2) is 6.00. The van der Waals surface area contributed by atoms with Crippen molar-refractivity contribution in [2.24, 2.45) is 0 Å². The first-order chi connectivity index (χ1) is 9.20. The van der Waals surface area contributed by atoms with Crippen LogP contribution < -0.4 is 4.74 Å². The Morgan fingerprint density at radius 1 is 1.42 bits per heavy atom. The number of amides is 2. The van der Waals surface area contributed by atoms with Crippen LogP contribution in [0.3, 0.4) is 0 Å². The summed E-state index contributed by atoms with van der Waals surface area (Å²) in [7, 11) is 1.59. The molecule has 4 heteroatoms. The third kappa shape index (κ3) is 3.31. The number of rotatable bonds is 3. The van der Waals surface area contributed by atoms with Crippen molar-refractivity contribution in [1.29, 1.82) is 0 Å². The van der Waals surface area contributed by atoms with Gasteiger partial charge in [-0.2, -0.15) is 0 Å². The van der Waals surface area contributed by atoms with Crippen molar-refractivity contribution in [2.45, 2.75) is 6.42 Å². The number of hydrogen-bond acceptors (Lipinski definition) is 3. The Morgan fingerprint density at radius 2 is 2.26 bits per heavy atom. The minimum Gasteiger partial charge on any atom is -0.497 e. The molecule has 2 amide bonds. The van der Waals surface area contributed by atoms with E-state index in [0.717, 1.165) is 11.3 Å². The van der Waals surface area contributed by atoms with Gasteiger partial charge in [0, 0.05) is 12.6 Å². The van der Waals surface area contributed by atoms with E-state index in [0.29, 0.717) is 13.0 Å². The van der Waals surface area contributed by atoms with Crippen molar-refractivity contribution in [3.63, 3.8) is 0 Å². The molecule has 0 aliphatic carbocycles. The molecule has 0 atom stereocenters. The van der Waals surface area contributed by atoms with Crippen molar-refractivity contribution >= 4 is 17.9 Å². The van der Waals surface area contributed by atoms with Crippen LogP contribution in [0.5, 0.6) is 5.75 Å². The van der Waals surface area contributed by atoms with Gasteiger partial charge >= 0.3 is 0 Å². The summed E-state index contributed by atoms with van der Waals surface area (Å²) in [6.45, 7) is 0.441. The fourth-order valence-corrected chi connectivity index (χ4v) is 1.81. The van der Waals surface area contributed by atoms with Crippen LogP contribution >= 0.6 is 0 Å². The predicted octanol–water partition coefficient (Wildman–Crippen LogP) is 2.02. The number of benzene rings is 1. The van der Waals surface area contributed by atoms with Gasteiger partial charge in [0.25, 0.3) is 11.8 Å². The Balaban J connectivity index is 2.07. The topological polar surface area (TPSA) is 46.6 Å². The molecule has 0 fully saturated rings. The van der Waals surface area contributed by atoms with Crippen molar-refractivity contribution in [2.75, 3.05) is 13.7 Å². The summed E-state index contributed by atoms with van der Waals surface area (Å²) in [5.41, 5.74) is 0.854. The van der Waals surface area contributed by atoms with E-state index in [9.17, 15) is 9.59 Å². The van der Waals surface area contributed by atoms with Gasteiger partial charge in [-0.05, 0) is 36.3 Å². The molecule has 0 aromatic heterocycles. The minimum absolute atomic E-state index is 0.258. The number of ether oxygens (including phenoxy) is 1. The Bertz CT molecular complexity index is 546. The Kier molecular flexibility index (Phi) is 4.13. The van der Waals surface area contributed by atoms with Crippen LogP contribution in [0.25, 0.3) is 6.08 Å². The van der Waals surface area contributed by atoms with Gasteiger partial charge < -0.3 is 4.74 Å². The number of nitrogens with zero attached hydrogens (tertiary/aromatic N) is 1. The molecule has 0 N–H and O–H groups in total. The van der Waals surface area contributed by atoms with Gasteiger partial charge in [-0.3, -0.25) is 14.5 Å². The largest absolute Gasteiger partial charge is 0.497 e. The second-order valence-electron chi connectivity index (χ2n) is 4.13. The van der Waals surface area contributed by atoms with E-state index in [4.69, 9.17) is 4.74 Å². The van der Waals surface area contributed by atoms with E-state index in [1.807, 2.05) is 24.3 Å². The highest BCUT2D eigenvalue weighted by Crippen LogP contribution is 2.14. The molecule has 0 unspecified atom stereocenters. The van der Waals surface area contributed by atoms with Gasteiger partial charge in [0.1, 0.15) is 5.75 Å². The molecule has 1 aliphatic heterocycles. The third-order valence-corrected chi connectivity index (χ3v) is 2.82. The van der Waals surface area contributed by atoms with E-state index >= 15 is 0 Å². The maximum Gasteiger partial charge on any atom is 0.253 e. The number of methoxy groups -OCH3 is 1. The number of carbonyl (C=O) groups is 2. The highest BCUT2D eigenvalue weighted by molar-refractivity contribution is 6.06. The minimum atomic E-state index is -0.294. The third-order valence-electron chi connectivity index (χ3n) is 2.82. The van der Waals surface area contributed by atoms with Gasteiger partial charge in [-0.25, -0.2) is 0 Å². The number of imide groups is 1. The van der Waals surface area contributed by atoms with Crippen LogP contribution in [0, 0.1) is 0 Å². The van der Waals surface area contributed by atoms with Crippen LogP contribution in [-0.2, 0) is 9.59 Å². The van der Waals surface area contributed by atoms with Crippen molar-refractivity contribution in [3.05, 3.63) is 48.1 Å². The van der Waals surface area contributed by atoms with Gasteiger partial charge in [-0.1, -0.05) is 18.2 Å². The molecule has 2 rings (SSSR count). The molecular weight excluding hydrogens is 242 g/mol. The Morgan fingerprint density at radius 3 is 3.00 bits per heavy atom. The second-order valence-corrected chi connectivity index (χ2v) is 4.13. The quantitative estimate of drug-likeness (QED) is 0.778. The average molecular weight is 257 g/mol. The lowest BCUT2D eigenvalue weighted by Crippen LogP contribution is -2.37. The molecule has 0 saturated heterocycles. The smallest absolute Gasteiger partial charge is 0.253 e. The van der Waals surface area contributed by atoms with Crippen molar-refractivity contribution in [1.82, 2.24) is 4.90 Å². The standard InChI is InChI=1S/C15H15NO3/c1-19-13-6-4-5-12(11-13)8-9-15(18)16-10-3-2-7-14(16)17/h2,4-9,11H,3,10H2,1H3/b9-8+. The zero-order valence-electron chi connectivity index (χ0n) is 10.7. The first-order valence-electron chi connectivity index (χ1n) is 6.05. The summed E-state index contributed by atoms with van der Waals surface area (Å²) in [5, 5.41) is 0. The lowest BCUT2D eigenvalue weighted by Gasteiger charge is -2.19. The van der Waals surface area contributed by atoms with Crippen molar-refractivity contribution in [3.8, 4) is 5.75 Å². The molecule has 1 aliphatic rings. The average Bonchev–Trinajstić information content (AvgIpc) is 2.45. The summed E-state index contributed by atoms with van der Waals surface area (Å²) < 4.78 is 5.10. The molecule has 0 saturated carbocycles. The Hall–Kier alpha value is -2.36. The monoisotopic (exact) mass is 257 g/mol. The van der Waals surface area contributed by atoms with Crippen molar-refractivity contribution < 1.29 is 14.3 Å². The van der Waals surface area contributed by atoms with Crippen LogP contribution in [0.15, 0.2) is 42.5 Å². The van der Waals surface area contributed by atoms with E-state index in [2.05, 4.69) is 0 Å².